The summed E-state index contributed by atoms with van der Waals surface area (Å²) in [6.45, 7) is 3.41. The van der Waals surface area contributed by atoms with Gasteiger partial charge in [0.25, 0.3) is 0 Å². The van der Waals surface area contributed by atoms with E-state index < -0.39 is 0 Å². The molecule has 2 rings (SSSR count). The van der Waals surface area contributed by atoms with Crippen molar-refractivity contribution in [3.63, 3.8) is 0 Å². The van der Waals surface area contributed by atoms with E-state index >= 15 is 0 Å². The zero-order valence-corrected chi connectivity index (χ0v) is 11.0. The maximum Gasteiger partial charge on any atom is 0.227 e. The fraction of sp³-hybridized carbons (Fsp3) is 0.500. The zero-order chi connectivity index (χ0) is 13.2. The molecule has 1 aliphatic heterocycles. The third-order valence-electron chi connectivity index (χ3n) is 3.56. The van der Waals surface area contributed by atoms with E-state index in [1.54, 1.807) is 7.11 Å². The van der Waals surface area contributed by atoms with Crippen molar-refractivity contribution in [2.75, 3.05) is 20.2 Å². The molecule has 2 N–H and O–H groups in total. The quantitative estimate of drug-likeness (QED) is 0.870. The SMILES string of the molecule is CCC1(N)CN(C(=O)Cc2cccc(OC)c2)C1. The molecule has 0 aliphatic carbocycles. The van der Waals surface area contributed by atoms with Gasteiger partial charge in [0.15, 0.2) is 0 Å². The number of ether oxygens (including phenoxy) is 1. The molecule has 0 spiro atoms. The molecule has 0 aromatic heterocycles. The Hall–Kier alpha value is -1.55. The van der Waals surface area contributed by atoms with Crippen LogP contribution in [0.2, 0.25) is 0 Å². The number of rotatable bonds is 4. The van der Waals surface area contributed by atoms with E-state index in [0.717, 1.165) is 17.7 Å². The van der Waals surface area contributed by atoms with Gasteiger partial charge in [0.05, 0.1) is 19.1 Å². The van der Waals surface area contributed by atoms with Gasteiger partial charge >= 0.3 is 0 Å². The summed E-state index contributed by atoms with van der Waals surface area (Å²) in [7, 11) is 1.63. The van der Waals surface area contributed by atoms with Gasteiger partial charge < -0.3 is 15.4 Å². The Balaban J connectivity index is 1.92. The number of amides is 1. The van der Waals surface area contributed by atoms with Crippen LogP contribution in [0.15, 0.2) is 24.3 Å². The molecule has 1 saturated heterocycles. The van der Waals surface area contributed by atoms with Gasteiger partial charge in [-0.05, 0) is 24.1 Å². The summed E-state index contributed by atoms with van der Waals surface area (Å²) < 4.78 is 5.14. The van der Waals surface area contributed by atoms with Crippen molar-refractivity contribution in [1.82, 2.24) is 4.90 Å². The number of carbonyl (C=O) groups excluding carboxylic acids is 1. The van der Waals surface area contributed by atoms with Gasteiger partial charge in [-0.15, -0.1) is 0 Å². The van der Waals surface area contributed by atoms with Crippen molar-refractivity contribution < 1.29 is 9.53 Å². The second kappa shape index (κ2) is 4.98. The number of carbonyl (C=O) groups is 1. The summed E-state index contributed by atoms with van der Waals surface area (Å²) in [4.78, 5) is 13.9. The summed E-state index contributed by atoms with van der Waals surface area (Å²) in [5, 5.41) is 0. The van der Waals surface area contributed by atoms with Crippen molar-refractivity contribution in [2.24, 2.45) is 5.73 Å². The van der Waals surface area contributed by atoms with Gasteiger partial charge in [-0.2, -0.15) is 0 Å². The van der Waals surface area contributed by atoms with E-state index in [4.69, 9.17) is 10.5 Å². The topological polar surface area (TPSA) is 55.6 Å². The van der Waals surface area contributed by atoms with E-state index in [-0.39, 0.29) is 11.4 Å². The minimum Gasteiger partial charge on any atom is -0.497 e. The molecule has 1 aliphatic rings. The zero-order valence-electron chi connectivity index (χ0n) is 11.0. The highest BCUT2D eigenvalue weighted by atomic mass is 16.5. The number of likely N-dealkylation sites (tertiary alicyclic amines) is 1. The molecule has 0 atom stereocenters. The van der Waals surface area contributed by atoms with E-state index in [2.05, 4.69) is 6.92 Å². The first-order valence-corrected chi connectivity index (χ1v) is 6.26. The molecule has 0 unspecified atom stereocenters. The summed E-state index contributed by atoms with van der Waals surface area (Å²) >= 11 is 0. The summed E-state index contributed by atoms with van der Waals surface area (Å²) in [6, 6.07) is 7.61. The molecular weight excluding hydrogens is 228 g/mol. The Labute approximate surface area is 108 Å². The lowest BCUT2D eigenvalue weighted by molar-refractivity contribution is -0.137. The monoisotopic (exact) mass is 248 g/mol. The fourth-order valence-electron chi connectivity index (χ4n) is 2.18. The number of hydrogen-bond acceptors (Lipinski definition) is 3. The van der Waals surface area contributed by atoms with Crippen LogP contribution < -0.4 is 10.5 Å². The third-order valence-corrected chi connectivity index (χ3v) is 3.56. The van der Waals surface area contributed by atoms with Crippen molar-refractivity contribution in [1.29, 1.82) is 0 Å². The van der Waals surface area contributed by atoms with Crippen LogP contribution in [-0.2, 0) is 11.2 Å². The fourth-order valence-corrected chi connectivity index (χ4v) is 2.18. The van der Waals surface area contributed by atoms with Gasteiger partial charge in [-0.25, -0.2) is 0 Å². The van der Waals surface area contributed by atoms with Crippen LogP contribution in [-0.4, -0.2) is 36.5 Å². The van der Waals surface area contributed by atoms with Crippen LogP contribution >= 0.6 is 0 Å². The molecule has 98 valence electrons. The summed E-state index contributed by atoms with van der Waals surface area (Å²) in [5.74, 6) is 0.920. The van der Waals surface area contributed by atoms with Crippen LogP contribution in [0, 0.1) is 0 Å². The third kappa shape index (κ3) is 2.64. The van der Waals surface area contributed by atoms with Gasteiger partial charge in [-0.3, -0.25) is 4.79 Å². The van der Waals surface area contributed by atoms with Gasteiger partial charge in [0, 0.05) is 13.1 Å². The molecule has 4 nitrogen and oxygen atoms in total. The lowest BCUT2D eigenvalue weighted by Gasteiger charge is -2.47. The predicted molar refractivity (Wildman–Crippen MR) is 70.5 cm³/mol. The van der Waals surface area contributed by atoms with Crippen molar-refractivity contribution >= 4 is 5.91 Å². The number of methoxy groups -OCH3 is 1. The second-order valence-corrected chi connectivity index (χ2v) is 4.99. The highest BCUT2D eigenvalue weighted by Crippen LogP contribution is 2.22. The first-order chi connectivity index (χ1) is 8.56. The molecule has 1 amide bonds. The number of hydrogen-bond donors (Lipinski definition) is 1. The Morgan fingerprint density at radius 2 is 2.22 bits per heavy atom. The average Bonchev–Trinajstić information content (AvgIpc) is 2.35. The molecule has 1 heterocycles. The maximum absolute atomic E-state index is 12.0. The average molecular weight is 248 g/mol. The van der Waals surface area contributed by atoms with Gasteiger partial charge in [0.1, 0.15) is 5.75 Å². The van der Waals surface area contributed by atoms with E-state index in [1.807, 2.05) is 29.2 Å². The Bertz CT molecular complexity index is 439. The standard InChI is InChI=1S/C14H20N2O2/c1-3-14(15)9-16(10-14)13(17)8-11-5-4-6-12(7-11)18-2/h4-7H,3,8-10,15H2,1-2H3. The number of nitrogens with two attached hydrogens (primary N) is 1. The van der Waals surface area contributed by atoms with Crippen molar-refractivity contribution in [3.8, 4) is 5.75 Å². The molecule has 0 saturated carbocycles. The largest absolute Gasteiger partial charge is 0.497 e. The summed E-state index contributed by atoms with van der Waals surface area (Å²) in [5.41, 5.74) is 6.87. The normalized spacial score (nSPS) is 17.2. The first kappa shape index (κ1) is 12.9. The van der Waals surface area contributed by atoms with Crippen LogP contribution in [0.1, 0.15) is 18.9 Å². The lowest BCUT2D eigenvalue weighted by Crippen LogP contribution is -2.68. The molecule has 0 bridgehead atoms. The lowest BCUT2D eigenvalue weighted by atomic mass is 9.88. The molecular formula is C14H20N2O2. The first-order valence-electron chi connectivity index (χ1n) is 6.26. The van der Waals surface area contributed by atoms with Crippen LogP contribution in [0.3, 0.4) is 0 Å². The van der Waals surface area contributed by atoms with Crippen molar-refractivity contribution in [2.45, 2.75) is 25.3 Å². The van der Waals surface area contributed by atoms with Crippen molar-refractivity contribution in [3.05, 3.63) is 29.8 Å². The maximum atomic E-state index is 12.0. The van der Waals surface area contributed by atoms with E-state index in [0.29, 0.717) is 19.5 Å². The molecule has 0 radical (unpaired) electrons. The number of nitrogens with zero attached hydrogens (tertiary/aromatic N) is 1. The summed E-state index contributed by atoms with van der Waals surface area (Å²) in [6.07, 6.45) is 1.33. The van der Waals surface area contributed by atoms with E-state index in [9.17, 15) is 4.79 Å². The van der Waals surface area contributed by atoms with Crippen LogP contribution in [0.5, 0.6) is 5.75 Å². The highest BCUT2D eigenvalue weighted by Gasteiger charge is 2.39. The minimum absolute atomic E-state index is 0.137. The molecule has 18 heavy (non-hydrogen) atoms. The molecule has 4 heteroatoms. The minimum atomic E-state index is -0.163. The predicted octanol–water partition coefficient (Wildman–Crippen LogP) is 1.19. The smallest absolute Gasteiger partial charge is 0.227 e. The van der Waals surface area contributed by atoms with Gasteiger partial charge in [0.2, 0.25) is 5.91 Å². The second-order valence-electron chi connectivity index (χ2n) is 4.99. The highest BCUT2D eigenvalue weighted by molar-refractivity contribution is 5.80. The Morgan fingerprint density at radius 3 is 2.83 bits per heavy atom. The molecule has 1 fully saturated rings. The van der Waals surface area contributed by atoms with Crippen LogP contribution in [0.4, 0.5) is 0 Å². The Kier molecular flexibility index (Phi) is 3.57. The van der Waals surface area contributed by atoms with Crippen LogP contribution in [0.25, 0.3) is 0 Å². The van der Waals surface area contributed by atoms with Gasteiger partial charge in [-0.1, -0.05) is 19.1 Å². The number of benzene rings is 1. The van der Waals surface area contributed by atoms with E-state index in [1.165, 1.54) is 0 Å². The molecule has 1 aromatic rings. The Morgan fingerprint density at radius 1 is 1.50 bits per heavy atom. The molecule has 1 aromatic carbocycles.